The molecule has 1 atom stereocenters. The van der Waals surface area contributed by atoms with Crippen molar-refractivity contribution in [2.24, 2.45) is 0 Å². The van der Waals surface area contributed by atoms with Crippen LogP contribution in [0.2, 0.25) is 8.67 Å². The van der Waals surface area contributed by atoms with Crippen LogP contribution < -0.4 is 5.32 Å². The van der Waals surface area contributed by atoms with E-state index in [2.05, 4.69) is 40.2 Å². The van der Waals surface area contributed by atoms with Gasteiger partial charge >= 0.3 is 0 Å². The molecule has 116 valence electrons. The van der Waals surface area contributed by atoms with Crippen molar-refractivity contribution in [1.82, 2.24) is 15.1 Å². The molecule has 0 aliphatic heterocycles. The van der Waals surface area contributed by atoms with Crippen LogP contribution >= 0.6 is 50.5 Å². The number of aromatic nitrogens is 2. The van der Waals surface area contributed by atoms with Crippen molar-refractivity contribution in [2.45, 2.75) is 39.8 Å². The highest BCUT2D eigenvalue weighted by molar-refractivity contribution is 9.10. The van der Waals surface area contributed by atoms with E-state index in [1.807, 2.05) is 17.7 Å². The van der Waals surface area contributed by atoms with Crippen molar-refractivity contribution in [2.75, 3.05) is 6.54 Å². The molecule has 0 aromatic carbocycles. The standard InChI is InChI=1S/C14H18BrCl2N3S/c1-4-18-10(9-6-12(16)21-14(9)17)7-11-13(15)8(3)19-20(11)5-2/h6,10,18H,4-5,7H2,1-3H3. The fourth-order valence-corrected chi connectivity index (χ4v) is 4.41. The Morgan fingerprint density at radius 1 is 1.43 bits per heavy atom. The first-order valence-electron chi connectivity index (χ1n) is 6.87. The summed E-state index contributed by atoms with van der Waals surface area (Å²) in [5, 5.41) is 8.04. The predicted molar refractivity (Wildman–Crippen MR) is 94.8 cm³/mol. The largest absolute Gasteiger partial charge is 0.310 e. The summed E-state index contributed by atoms with van der Waals surface area (Å²) in [6.07, 6.45) is 0.815. The summed E-state index contributed by atoms with van der Waals surface area (Å²) in [5.41, 5.74) is 3.25. The van der Waals surface area contributed by atoms with E-state index in [1.54, 1.807) is 0 Å². The Kier molecular flexibility index (Phi) is 6.15. The fourth-order valence-electron chi connectivity index (χ4n) is 2.39. The Hall–Kier alpha value is -0.0700. The second-order valence-corrected chi connectivity index (χ2v) is 7.83. The molecule has 0 aliphatic rings. The van der Waals surface area contributed by atoms with Gasteiger partial charge in [-0.15, -0.1) is 11.3 Å². The van der Waals surface area contributed by atoms with Crippen molar-refractivity contribution in [1.29, 1.82) is 0 Å². The van der Waals surface area contributed by atoms with Gasteiger partial charge in [-0.3, -0.25) is 4.68 Å². The third kappa shape index (κ3) is 3.82. The van der Waals surface area contributed by atoms with Gasteiger partial charge in [-0.25, -0.2) is 0 Å². The number of nitrogens with one attached hydrogen (secondary N) is 1. The number of aryl methyl sites for hydroxylation is 2. The summed E-state index contributed by atoms with van der Waals surface area (Å²) >= 11 is 17.5. The smallest absolute Gasteiger partial charge is 0.0992 e. The minimum absolute atomic E-state index is 0.129. The average Bonchev–Trinajstić information content (AvgIpc) is 2.91. The molecule has 2 rings (SSSR count). The number of halogens is 3. The number of hydrogen-bond donors (Lipinski definition) is 1. The van der Waals surface area contributed by atoms with Crippen molar-refractivity contribution < 1.29 is 0 Å². The van der Waals surface area contributed by atoms with E-state index < -0.39 is 0 Å². The zero-order valence-electron chi connectivity index (χ0n) is 12.2. The molecular weight excluding hydrogens is 393 g/mol. The predicted octanol–water partition coefficient (Wildman–Crippen LogP) is 5.24. The first-order valence-corrected chi connectivity index (χ1v) is 9.24. The quantitative estimate of drug-likeness (QED) is 0.705. The molecule has 0 aliphatic carbocycles. The van der Waals surface area contributed by atoms with Crippen LogP contribution in [0, 0.1) is 6.92 Å². The number of nitrogens with zero attached hydrogens (tertiary/aromatic N) is 2. The monoisotopic (exact) mass is 409 g/mol. The topological polar surface area (TPSA) is 29.9 Å². The summed E-state index contributed by atoms with van der Waals surface area (Å²) < 4.78 is 4.58. The van der Waals surface area contributed by atoms with E-state index >= 15 is 0 Å². The number of likely N-dealkylation sites (N-methyl/N-ethyl adjacent to an activating group) is 1. The maximum absolute atomic E-state index is 6.32. The van der Waals surface area contributed by atoms with Gasteiger partial charge in [0.15, 0.2) is 0 Å². The molecule has 2 aromatic heterocycles. The molecule has 0 amide bonds. The minimum atomic E-state index is 0.129. The zero-order chi connectivity index (χ0) is 15.6. The molecule has 21 heavy (non-hydrogen) atoms. The van der Waals surface area contributed by atoms with E-state index in [9.17, 15) is 0 Å². The summed E-state index contributed by atoms with van der Waals surface area (Å²) in [5.74, 6) is 0. The molecule has 0 saturated carbocycles. The molecule has 0 bridgehead atoms. The molecule has 0 spiro atoms. The van der Waals surface area contributed by atoms with E-state index in [0.29, 0.717) is 0 Å². The normalized spacial score (nSPS) is 12.9. The van der Waals surface area contributed by atoms with Gasteiger partial charge in [0.1, 0.15) is 0 Å². The van der Waals surface area contributed by atoms with Crippen molar-refractivity contribution in [3.8, 4) is 0 Å². The zero-order valence-corrected chi connectivity index (χ0v) is 16.1. The molecule has 7 heteroatoms. The fraction of sp³-hybridized carbons (Fsp3) is 0.500. The lowest BCUT2D eigenvalue weighted by molar-refractivity contribution is 0.516. The van der Waals surface area contributed by atoms with Gasteiger partial charge in [0, 0.05) is 24.6 Å². The maximum atomic E-state index is 6.32. The van der Waals surface area contributed by atoms with E-state index in [-0.39, 0.29) is 6.04 Å². The van der Waals surface area contributed by atoms with E-state index in [4.69, 9.17) is 23.2 Å². The van der Waals surface area contributed by atoms with Crippen LogP contribution in [0.4, 0.5) is 0 Å². The van der Waals surface area contributed by atoms with E-state index in [1.165, 1.54) is 17.0 Å². The van der Waals surface area contributed by atoms with Crippen LogP contribution in [-0.2, 0) is 13.0 Å². The molecule has 1 N–H and O–H groups in total. The molecule has 1 unspecified atom stereocenters. The van der Waals surface area contributed by atoms with Gasteiger partial charge in [-0.1, -0.05) is 30.1 Å². The lowest BCUT2D eigenvalue weighted by atomic mass is 10.0. The van der Waals surface area contributed by atoms with Gasteiger partial charge in [-0.05, 0) is 42.4 Å². The Morgan fingerprint density at radius 2 is 2.14 bits per heavy atom. The van der Waals surface area contributed by atoms with Gasteiger partial charge in [0.25, 0.3) is 0 Å². The molecule has 0 fully saturated rings. The second kappa shape index (κ2) is 7.47. The van der Waals surface area contributed by atoms with Gasteiger partial charge in [-0.2, -0.15) is 5.10 Å². The Labute approximate surface area is 147 Å². The summed E-state index contributed by atoms with van der Waals surface area (Å²) in [4.78, 5) is 0. The Balaban J connectivity index is 2.35. The molecule has 2 aromatic rings. The van der Waals surface area contributed by atoms with E-state index in [0.717, 1.165) is 43.9 Å². The Morgan fingerprint density at radius 3 is 2.67 bits per heavy atom. The lowest BCUT2D eigenvalue weighted by Crippen LogP contribution is -2.24. The molecule has 0 saturated heterocycles. The van der Waals surface area contributed by atoms with Crippen LogP contribution in [0.25, 0.3) is 0 Å². The van der Waals surface area contributed by atoms with Crippen LogP contribution in [0.3, 0.4) is 0 Å². The summed E-state index contributed by atoms with van der Waals surface area (Å²) in [7, 11) is 0. The lowest BCUT2D eigenvalue weighted by Gasteiger charge is -2.18. The van der Waals surface area contributed by atoms with Crippen LogP contribution in [0.5, 0.6) is 0 Å². The first-order chi connectivity index (χ1) is 9.97. The highest BCUT2D eigenvalue weighted by Crippen LogP contribution is 2.37. The Bertz CT molecular complexity index is 624. The van der Waals surface area contributed by atoms with Gasteiger partial charge in [0.2, 0.25) is 0 Å². The molecule has 3 nitrogen and oxygen atoms in total. The SMILES string of the molecule is CCNC(Cc1c(Br)c(C)nn1CC)c1cc(Cl)sc1Cl. The molecule has 2 heterocycles. The molecular formula is C14H18BrCl2N3S. The van der Waals surface area contributed by atoms with Crippen LogP contribution in [-0.4, -0.2) is 16.3 Å². The summed E-state index contributed by atoms with van der Waals surface area (Å²) in [6, 6.07) is 2.08. The van der Waals surface area contributed by atoms with Crippen LogP contribution in [0.15, 0.2) is 10.5 Å². The van der Waals surface area contributed by atoms with Crippen LogP contribution in [0.1, 0.15) is 36.8 Å². The van der Waals surface area contributed by atoms with Gasteiger partial charge in [0.05, 0.1) is 24.5 Å². The average molecular weight is 411 g/mol. The van der Waals surface area contributed by atoms with Gasteiger partial charge < -0.3 is 5.32 Å². The third-order valence-electron chi connectivity index (χ3n) is 3.36. The third-order valence-corrected chi connectivity index (χ3v) is 5.91. The van der Waals surface area contributed by atoms with Crippen molar-refractivity contribution >= 4 is 50.5 Å². The first kappa shape index (κ1) is 17.3. The summed E-state index contributed by atoms with van der Waals surface area (Å²) in [6.45, 7) is 7.91. The maximum Gasteiger partial charge on any atom is 0.0992 e. The number of hydrogen-bond acceptors (Lipinski definition) is 3. The van der Waals surface area contributed by atoms with Crippen molar-refractivity contribution in [3.63, 3.8) is 0 Å². The highest BCUT2D eigenvalue weighted by atomic mass is 79.9. The highest BCUT2D eigenvalue weighted by Gasteiger charge is 2.21. The molecule has 0 radical (unpaired) electrons. The van der Waals surface area contributed by atoms with Crippen molar-refractivity contribution in [3.05, 3.63) is 36.2 Å². The number of rotatable bonds is 6. The minimum Gasteiger partial charge on any atom is -0.310 e. The number of thiophene rings is 1. The second-order valence-electron chi connectivity index (χ2n) is 4.76.